The van der Waals surface area contributed by atoms with E-state index in [0.717, 1.165) is 48.8 Å². The van der Waals surface area contributed by atoms with E-state index in [0.29, 0.717) is 17.3 Å². The van der Waals surface area contributed by atoms with Crippen LogP contribution in [-0.2, 0) is 19.6 Å². The van der Waals surface area contributed by atoms with Crippen molar-refractivity contribution in [1.82, 2.24) is 19.9 Å². The number of carbonyl (C=O) groups is 2. The summed E-state index contributed by atoms with van der Waals surface area (Å²) in [7, 11) is -1.89. The third kappa shape index (κ3) is 7.64. The van der Waals surface area contributed by atoms with Crippen LogP contribution in [0.15, 0.2) is 77.8 Å². The standard InChI is InChI=1S/C18H22N2O3S.C11H12N2O2/c1-23-18-13-15(11-12-19-18)14-7-9-17(10-8-14)24(21,22)20-16-5-3-2-4-6-16;14-8-13-7-11(15)12-6-10(13)9-4-2-1-3-5-9/h7-13,16,20H,2-6H2,1H3;1-5,8,10H,6-7H2,(H,12,15)/t;10-/m.1/s1. The lowest BCUT2D eigenvalue weighted by Gasteiger charge is -2.32. The summed E-state index contributed by atoms with van der Waals surface area (Å²) in [6, 6.07) is 20.3. The number of nitrogens with one attached hydrogen (secondary N) is 2. The highest BCUT2D eigenvalue weighted by Gasteiger charge is 2.26. The minimum atomic E-state index is -3.46. The molecule has 2 aliphatic rings. The number of ether oxygens (including phenoxy) is 1. The van der Waals surface area contributed by atoms with E-state index in [4.69, 9.17) is 4.74 Å². The predicted molar refractivity (Wildman–Crippen MR) is 148 cm³/mol. The van der Waals surface area contributed by atoms with Crippen LogP contribution in [0.3, 0.4) is 0 Å². The number of piperazine rings is 1. The summed E-state index contributed by atoms with van der Waals surface area (Å²) in [5.41, 5.74) is 2.91. The molecule has 39 heavy (non-hydrogen) atoms. The Morgan fingerprint density at radius 2 is 1.72 bits per heavy atom. The van der Waals surface area contributed by atoms with Gasteiger partial charge in [0.25, 0.3) is 0 Å². The molecule has 2 fully saturated rings. The maximum Gasteiger partial charge on any atom is 0.240 e. The third-order valence-electron chi connectivity index (χ3n) is 6.91. The van der Waals surface area contributed by atoms with Crippen molar-refractivity contribution in [2.45, 2.75) is 49.1 Å². The van der Waals surface area contributed by atoms with E-state index in [1.54, 1.807) is 25.4 Å². The number of sulfonamides is 1. The van der Waals surface area contributed by atoms with Crippen molar-refractivity contribution in [2.24, 2.45) is 0 Å². The quantitative estimate of drug-likeness (QED) is 0.434. The summed E-state index contributed by atoms with van der Waals surface area (Å²) in [4.78, 5) is 27.8. The van der Waals surface area contributed by atoms with Gasteiger partial charge in [-0.25, -0.2) is 18.1 Å². The Morgan fingerprint density at radius 1 is 1.00 bits per heavy atom. The summed E-state index contributed by atoms with van der Waals surface area (Å²) in [6.07, 6.45) is 7.64. The molecule has 0 spiro atoms. The van der Waals surface area contributed by atoms with Crippen LogP contribution in [0.5, 0.6) is 5.88 Å². The molecule has 2 N–H and O–H groups in total. The van der Waals surface area contributed by atoms with Gasteiger partial charge in [-0.15, -0.1) is 0 Å². The Labute approximate surface area is 229 Å². The molecule has 5 rings (SSSR count). The van der Waals surface area contributed by atoms with Gasteiger partial charge in [0.15, 0.2) is 0 Å². The number of rotatable bonds is 7. The molecule has 9 nitrogen and oxygen atoms in total. The Balaban J connectivity index is 0.000000202. The minimum absolute atomic E-state index is 0.0404. The molecular weight excluding hydrogens is 516 g/mol. The summed E-state index contributed by atoms with van der Waals surface area (Å²) < 4.78 is 33.0. The first-order valence-corrected chi connectivity index (χ1v) is 14.5. The summed E-state index contributed by atoms with van der Waals surface area (Å²) in [6.45, 7) is 0.630. The fraction of sp³-hybridized carbons (Fsp3) is 0.345. The van der Waals surface area contributed by atoms with Gasteiger partial charge >= 0.3 is 0 Å². The van der Waals surface area contributed by atoms with Gasteiger partial charge in [0, 0.05) is 24.8 Å². The van der Waals surface area contributed by atoms with Crippen LogP contribution in [0.2, 0.25) is 0 Å². The van der Waals surface area contributed by atoms with Crippen molar-refractivity contribution < 1.29 is 22.7 Å². The molecule has 1 aromatic heterocycles. The van der Waals surface area contributed by atoms with Crippen LogP contribution >= 0.6 is 0 Å². The molecule has 1 saturated carbocycles. The number of amides is 2. The lowest BCUT2D eigenvalue weighted by molar-refractivity contribution is -0.133. The molecular formula is C29H34N4O5S. The molecule has 0 radical (unpaired) electrons. The number of carbonyl (C=O) groups excluding carboxylic acids is 2. The van der Waals surface area contributed by atoms with E-state index < -0.39 is 10.0 Å². The maximum atomic E-state index is 12.5. The summed E-state index contributed by atoms with van der Waals surface area (Å²) in [5, 5.41) is 2.76. The molecule has 2 heterocycles. The number of methoxy groups -OCH3 is 1. The topological polar surface area (TPSA) is 118 Å². The molecule has 1 saturated heterocycles. The second-order valence-corrected chi connectivity index (χ2v) is 11.3. The van der Waals surface area contributed by atoms with Crippen LogP contribution in [0.25, 0.3) is 11.1 Å². The zero-order valence-electron chi connectivity index (χ0n) is 22.0. The monoisotopic (exact) mass is 550 g/mol. The maximum absolute atomic E-state index is 12.5. The van der Waals surface area contributed by atoms with Crippen molar-refractivity contribution in [3.8, 4) is 17.0 Å². The van der Waals surface area contributed by atoms with Gasteiger partial charge in [-0.2, -0.15) is 0 Å². The van der Waals surface area contributed by atoms with Gasteiger partial charge in [-0.3, -0.25) is 9.59 Å². The van der Waals surface area contributed by atoms with Gasteiger partial charge in [-0.1, -0.05) is 61.7 Å². The number of benzene rings is 2. The second kappa shape index (κ2) is 13.3. The highest BCUT2D eigenvalue weighted by atomic mass is 32.2. The average molecular weight is 551 g/mol. The summed E-state index contributed by atoms with van der Waals surface area (Å²) >= 11 is 0. The van der Waals surface area contributed by atoms with E-state index in [1.807, 2.05) is 54.6 Å². The fourth-order valence-electron chi connectivity index (χ4n) is 4.79. The molecule has 0 bridgehead atoms. The van der Waals surface area contributed by atoms with Crippen molar-refractivity contribution in [3.63, 3.8) is 0 Å². The molecule has 0 unspecified atom stereocenters. The molecule has 1 aliphatic carbocycles. The summed E-state index contributed by atoms with van der Waals surface area (Å²) in [5.74, 6) is 0.428. The highest BCUT2D eigenvalue weighted by molar-refractivity contribution is 7.89. The zero-order valence-corrected chi connectivity index (χ0v) is 22.8. The van der Waals surface area contributed by atoms with E-state index >= 15 is 0 Å². The first-order chi connectivity index (χ1) is 18.9. The second-order valence-electron chi connectivity index (χ2n) is 9.58. The minimum Gasteiger partial charge on any atom is -0.481 e. The predicted octanol–water partition coefficient (Wildman–Crippen LogP) is 3.68. The molecule has 1 aliphatic heterocycles. The van der Waals surface area contributed by atoms with Crippen LogP contribution in [0, 0.1) is 0 Å². The molecule has 206 valence electrons. The SMILES string of the molecule is COc1cc(-c2ccc(S(=O)(=O)NC3CCCCC3)cc2)ccn1.O=CN1CC(=O)NC[C@@H]1c1ccccc1. The molecule has 3 aromatic rings. The normalized spacial score (nSPS) is 17.9. The Bertz CT molecular complexity index is 1340. The lowest BCUT2D eigenvalue weighted by atomic mass is 9.96. The zero-order chi connectivity index (χ0) is 27.7. The van der Waals surface area contributed by atoms with Crippen molar-refractivity contribution in [1.29, 1.82) is 0 Å². The first-order valence-electron chi connectivity index (χ1n) is 13.0. The van der Waals surface area contributed by atoms with Gasteiger partial charge in [0.05, 0.1) is 24.6 Å². The van der Waals surface area contributed by atoms with Gasteiger partial charge in [0.2, 0.25) is 28.2 Å². The fourth-order valence-corrected chi connectivity index (χ4v) is 6.09. The number of pyridine rings is 1. The number of hydrogen-bond donors (Lipinski definition) is 2. The Morgan fingerprint density at radius 3 is 2.38 bits per heavy atom. The molecule has 10 heteroatoms. The van der Waals surface area contributed by atoms with Crippen molar-refractivity contribution >= 4 is 22.3 Å². The van der Waals surface area contributed by atoms with E-state index in [9.17, 15) is 18.0 Å². The van der Waals surface area contributed by atoms with E-state index in [1.165, 1.54) is 11.3 Å². The Kier molecular flexibility index (Phi) is 9.67. The third-order valence-corrected chi connectivity index (χ3v) is 8.44. The largest absolute Gasteiger partial charge is 0.481 e. The van der Waals surface area contributed by atoms with Crippen LogP contribution in [-0.4, -0.2) is 56.9 Å². The van der Waals surface area contributed by atoms with E-state index in [-0.39, 0.29) is 24.5 Å². The number of hydrogen-bond acceptors (Lipinski definition) is 6. The number of nitrogens with zero attached hydrogens (tertiary/aromatic N) is 2. The van der Waals surface area contributed by atoms with Gasteiger partial charge in [-0.05, 0) is 47.7 Å². The van der Waals surface area contributed by atoms with Crippen LogP contribution in [0.1, 0.15) is 43.7 Å². The van der Waals surface area contributed by atoms with E-state index in [2.05, 4.69) is 15.0 Å². The molecule has 2 aromatic carbocycles. The highest BCUT2D eigenvalue weighted by Crippen LogP contribution is 2.25. The van der Waals surface area contributed by atoms with Gasteiger partial charge < -0.3 is 15.0 Å². The van der Waals surface area contributed by atoms with Crippen molar-refractivity contribution in [2.75, 3.05) is 20.2 Å². The van der Waals surface area contributed by atoms with Crippen LogP contribution in [0.4, 0.5) is 0 Å². The Hall–Kier alpha value is -3.76. The molecule has 1 atom stereocenters. The molecule has 2 amide bonds. The lowest BCUT2D eigenvalue weighted by Crippen LogP contribution is -2.48. The first kappa shape index (κ1) is 28.3. The average Bonchev–Trinajstić information content (AvgIpc) is 2.98. The van der Waals surface area contributed by atoms with Crippen molar-refractivity contribution in [3.05, 3.63) is 78.5 Å². The van der Waals surface area contributed by atoms with Crippen LogP contribution < -0.4 is 14.8 Å². The number of aromatic nitrogens is 1. The smallest absolute Gasteiger partial charge is 0.240 e. The van der Waals surface area contributed by atoms with Gasteiger partial charge in [0.1, 0.15) is 0 Å².